The van der Waals surface area contributed by atoms with Crippen LogP contribution in [0.1, 0.15) is 25.2 Å². The van der Waals surface area contributed by atoms with Crippen LogP contribution in [-0.4, -0.2) is 40.3 Å². The van der Waals surface area contributed by atoms with Crippen LogP contribution in [0.15, 0.2) is 53.3 Å². The molecule has 150 valence electrons. The van der Waals surface area contributed by atoms with Gasteiger partial charge in [-0.2, -0.15) is 4.98 Å². The number of carbonyl (C=O) groups is 1. The summed E-state index contributed by atoms with van der Waals surface area (Å²) in [5, 5.41) is 6.81. The average Bonchev–Trinajstić information content (AvgIpc) is 3.44. The predicted octanol–water partition coefficient (Wildman–Crippen LogP) is 3.26. The molecule has 0 aliphatic carbocycles. The first kappa shape index (κ1) is 19.1. The summed E-state index contributed by atoms with van der Waals surface area (Å²) in [7, 11) is 0. The Morgan fingerprint density at radius 1 is 1.24 bits per heavy atom. The van der Waals surface area contributed by atoms with Crippen molar-refractivity contribution in [1.29, 1.82) is 0 Å². The molecule has 8 heteroatoms. The fourth-order valence-corrected chi connectivity index (χ4v) is 3.05. The van der Waals surface area contributed by atoms with E-state index in [0.717, 1.165) is 25.0 Å². The monoisotopic (exact) mass is 394 g/mol. The second-order valence-corrected chi connectivity index (χ2v) is 6.77. The number of nitrogens with zero attached hydrogens (tertiary/aromatic N) is 3. The molecule has 1 saturated heterocycles. The second-order valence-electron chi connectivity index (χ2n) is 6.77. The number of hydrogen-bond donors (Lipinski definition) is 1. The lowest BCUT2D eigenvalue weighted by Crippen LogP contribution is -2.16. The molecule has 1 aliphatic rings. The van der Waals surface area contributed by atoms with Crippen molar-refractivity contribution in [1.82, 2.24) is 15.1 Å². The minimum Gasteiger partial charge on any atom is -0.491 e. The van der Waals surface area contributed by atoms with Crippen LogP contribution >= 0.6 is 0 Å². The maximum atomic E-state index is 12.3. The van der Waals surface area contributed by atoms with E-state index in [1.807, 2.05) is 18.2 Å². The quantitative estimate of drug-likeness (QED) is 0.626. The summed E-state index contributed by atoms with van der Waals surface area (Å²) in [6.45, 7) is 1.32. The maximum Gasteiger partial charge on any atom is 0.227 e. The maximum absolute atomic E-state index is 12.3. The molecule has 1 amide bonds. The van der Waals surface area contributed by atoms with Crippen LogP contribution in [0, 0.1) is 0 Å². The Morgan fingerprint density at radius 3 is 2.97 bits per heavy atom. The van der Waals surface area contributed by atoms with Crippen molar-refractivity contribution in [3.63, 3.8) is 0 Å². The number of anilines is 1. The number of pyridine rings is 1. The van der Waals surface area contributed by atoms with Gasteiger partial charge in [-0.15, -0.1) is 0 Å². The van der Waals surface area contributed by atoms with Gasteiger partial charge in [0.15, 0.2) is 0 Å². The lowest BCUT2D eigenvalue weighted by molar-refractivity contribution is -0.116. The lowest BCUT2D eigenvalue weighted by atomic mass is 10.2. The highest BCUT2D eigenvalue weighted by molar-refractivity contribution is 5.90. The van der Waals surface area contributed by atoms with Crippen molar-refractivity contribution in [2.24, 2.45) is 0 Å². The number of rotatable bonds is 8. The van der Waals surface area contributed by atoms with Crippen molar-refractivity contribution in [3.05, 3.63) is 54.7 Å². The van der Waals surface area contributed by atoms with Gasteiger partial charge in [0.1, 0.15) is 12.4 Å². The van der Waals surface area contributed by atoms with Gasteiger partial charge in [-0.3, -0.25) is 9.78 Å². The van der Waals surface area contributed by atoms with Crippen molar-refractivity contribution in [2.75, 3.05) is 18.5 Å². The number of carbonyl (C=O) groups excluding carboxylic acids is 1. The molecular weight excluding hydrogens is 372 g/mol. The number of nitrogens with one attached hydrogen (secondary N) is 1. The van der Waals surface area contributed by atoms with E-state index >= 15 is 0 Å². The zero-order valence-electron chi connectivity index (χ0n) is 15.9. The Labute approximate surface area is 168 Å². The van der Waals surface area contributed by atoms with Gasteiger partial charge in [-0.05, 0) is 37.1 Å². The minimum atomic E-state index is -0.134. The molecule has 1 atom stereocenters. The Hall–Kier alpha value is -3.26. The molecule has 29 heavy (non-hydrogen) atoms. The average molecular weight is 394 g/mol. The third kappa shape index (κ3) is 5.39. The van der Waals surface area contributed by atoms with E-state index in [9.17, 15) is 4.79 Å². The second kappa shape index (κ2) is 9.29. The SMILES string of the molecule is O=C(CCc1nc(-c2ccncc2)no1)Nc1cccc(OCC2CCCO2)c1. The number of benzene rings is 1. The number of ether oxygens (including phenoxy) is 2. The molecule has 1 aromatic carbocycles. The normalized spacial score (nSPS) is 15.9. The van der Waals surface area contributed by atoms with Gasteiger partial charge in [-0.25, -0.2) is 0 Å². The summed E-state index contributed by atoms with van der Waals surface area (Å²) in [5.41, 5.74) is 1.50. The van der Waals surface area contributed by atoms with Crippen LogP contribution in [0.4, 0.5) is 5.69 Å². The van der Waals surface area contributed by atoms with E-state index < -0.39 is 0 Å². The fraction of sp³-hybridized carbons (Fsp3) is 0.333. The van der Waals surface area contributed by atoms with E-state index in [2.05, 4.69) is 20.4 Å². The Bertz CT molecular complexity index is 939. The number of aromatic nitrogens is 3. The smallest absolute Gasteiger partial charge is 0.227 e. The molecule has 3 aromatic rings. The summed E-state index contributed by atoms with van der Waals surface area (Å²) in [5.74, 6) is 1.47. The van der Waals surface area contributed by atoms with Gasteiger partial charge in [0.2, 0.25) is 17.6 Å². The van der Waals surface area contributed by atoms with Crippen LogP contribution < -0.4 is 10.1 Å². The van der Waals surface area contributed by atoms with Gasteiger partial charge in [0, 0.05) is 49.2 Å². The molecule has 3 heterocycles. The first-order valence-electron chi connectivity index (χ1n) is 9.63. The summed E-state index contributed by atoms with van der Waals surface area (Å²) in [6, 6.07) is 10.9. The van der Waals surface area contributed by atoms with Crippen molar-refractivity contribution >= 4 is 11.6 Å². The van der Waals surface area contributed by atoms with Crippen LogP contribution in [0.3, 0.4) is 0 Å². The van der Waals surface area contributed by atoms with E-state index in [4.69, 9.17) is 14.0 Å². The molecular formula is C21H22N4O4. The molecule has 1 unspecified atom stereocenters. The zero-order valence-corrected chi connectivity index (χ0v) is 15.9. The first-order valence-corrected chi connectivity index (χ1v) is 9.63. The summed E-state index contributed by atoms with van der Waals surface area (Å²) in [6.07, 6.45) is 6.18. The van der Waals surface area contributed by atoms with E-state index in [1.54, 1.807) is 30.6 Å². The molecule has 0 saturated carbocycles. The molecule has 8 nitrogen and oxygen atoms in total. The van der Waals surface area contributed by atoms with Crippen LogP contribution in [-0.2, 0) is 16.0 Å². The van der Waals surface area contributed by atoms with Gasteiger partial charge < -0.3 is 19.3 Å². The number of amides is 1. The van der Waals surface area contributed by atoms with Gasteiger partial charge in [0.25, 0.3) is 0 Å². The standard InChI is InChI=1S/C21H22N4O4/c26-19(6-7-20-24-21(25-29-20)15-8-10-22-11-9-15)23-16-3-1-4-17(13-16)28-14-18-5-2-12-27-18/h1,3-4,8-11,13,18H,2,5-7,12,14H2,(H,23,26). The molecule has 4 rings (SSSR count). The predicted molar refractivity (Wildman–Crippen MR) is 105 cm³/mol. The fourth-order valence-electron chi connectivity index (χ4n) is 3.05. The van der Waals surface area contributed by atoms with E-state index in [1.165, 1.54) is 0 Å². The molecule has 1 N–H and O–H groups in total. The summed E-state index contributed by atoms with van der Waals surface area (Å²) >= 11 is 0. The lowest BCUT2D eigenvalue weighted by Gasteiger charge is -2.12. The van der Waals surface area contributed by atoms with Crippen molar-refractivity contribution in [2.45, 2.75) is 31.8 Å². The molecule has 0 spiro atoms. The van der Waals surface area contributed by atoms with Crippen molar-refractivity contribution < 1.29 is 18.8 Å². The zero-order chi connectivity index (χ0) is 19.9. The van der Waals surface area contributed by atoms with Crippen LogP contribution in [0.5, 0.6) is 5.75 Å². The third-order valence-electron chi connectivity index (χ3n) is 4.55. The van der Waals surface area contributed by atoms with Crippen LogP contribution in [0.2, 0.25) is 0 Å². The Morgan fingerprint density at radius 2 is 2.14 bits per heavy atom. The third-order valence-corrected chi connectivity index (χ3v) is 4.55. The minimum absolute atomic E-state index is 0.134. The topological polar surface area (TPSA) is 99.4 Å². The highest BCUT2D eigenvalue weighted by atomic mass is 16.5. The van der Waals surface area contributed by atoms with Crippen molar-refractivity contribution in [3.8, 4) is 17.1 Å². The molecule has 1 fully saturated rings. The van der Waals surface area contributed by atoms with Crippen LogP contribution in [0.25, 0.3) is 11.4 Å². The Kier molecular flexibility index (Phi) is 6.11. The largest absolute Gasteiger partial charge is 0.491 e. The van der Waals surface area contributed by atoms with E-state index in [-0.39, 0.29) is 18.4 Å². The van der Waals surface area contributed by atoms with E-state index in [0.29, 0.717) is 36.2 Å². The van der Waals surface area contributed by atoms with Gasteiger partial charge in [0.05, 0.1) is 6.10 Å². The number of aryl methyl sites for hydroxylation is 1. The first-order chi connectivity index (χ1) is 14.3. The Balaban J connectivity index is 1.26. The molecule has 0 radical (unpaired) electrons. The highest BCUT2D eigenvalue weighted by Crippen LogP contribution is 2.20. The summed E-state index contributed by atoms with van der Waals surface area (Å²) < 4.78 is 16.6. The molecule has 2 aromatic heterocycles. The van der Waals surface area contributed by atoms with Gasteiger partial charge >= 0.3 is 0 Å². The number of hydrogen-bond acceptors (Lipinski definition) is 7. The van der Waals surface area contributed by atoms with Gasteiger partial charge in [-0.1, -0.05) is 11.2 Å². The highest BCUT2D eigenvalue weighted by Gasteiger charge is 2.16. The summed E-state index contributed by atoms with van der Waals surface area (Å²) in [4.78, 5) is 20.5. The molecule has 1 aliphatic heterocycles. The molecule has 0 bridgehead atoms.